The van der Waals surface area contributed by atoms with Crippen LogP contribution in [-0.4, -0.2) is 53.2 Å². The fourth-order valence-electron chi connectivity index (χ4n) is 4.47. The molecule has 38 heavy (non-hydrogen) atoms. The first-order chi connectivity index (χ1) is 18.0. The number of sulfonamides is 1. The van der Waals surface area contributed by atoms with Crippen molar-refractivity contribution in [3.8, 4) is 5.69 Å². The Morgan fingerprint density at radius 1 is 1.00 bits per heavy atom. The Balaban J connectivity index is 1.50. The number of aromatic nitrogens is 2. The Hall–Kier alpha value is -3.70. The number of aryl methyl sites for hydroxylation is 1. The molecule has 1 aromatic heterocycles. The average Bonchev–Trinajstić information content (AvgIpc) is 3.12. The summed E-state index contributed by atoms with van der Waals surface area (Å²) in [5.41, 5.74) is 1.36. The van der Waals surface area contributed by atoms with Crippen LogP contribution in [0.5, 0.6) is 0 Å². The maximum atomic E-state index is 13.2. The third-order valence-corrected chi connectivity index (χ3v) is 8.85. The first-order valence-corrected chi connectivity index (χ1v) is 13.9. The fraction of sp³-hybridized carbons (Fsp3) is 0.370. The molecule has 0 spiro atoms. The van der Waals surface area contributed by atoms with Crippen molar-refractivity contribution in [1.29, 1.82) is 0 Å². The molecule has 3 aromatic rings. The summed E-state index contributed by atoms with van der Waals surface area (Å²) in [4.78, 5) is 38.9. The Labute approximate surface area is 221 Å². The number of hydrogen-bond acceptors (Lipinski definition) is 6. The second-order valence-electron chi connectivity index (χ2n) is 9.42. The maximum absolute atomic E-state index is 13.2. The van der Waals surface area contributed by atoms with E-state index in [2.05, 4.69) is 5.32 Å². The number of benzene rings is 2. The molecular formula is C27H32N4O6S. The molecule has 202 valence electrons. The highest BCUT2D eigenvalue weighted by Crippen LogP contribution is 2.25. The van der Waals surface area contributed by atoms with Gasteiger partial charge in [0, 0.05) is 20.1 Å². The summed E-state index contributed by atoms with van der Waals surface area (Å²) in [6.07, 6.45) is 1.34. The molecular weight excluding hydrogens is 508 g/mol. The molecule has 4 rings (SSSR count). The van der Waals surface area contributed by atoms with Crippen LogP contribution in [0.4, 0.5) is 5.69 Å². The second kappa shape index (κ2) is 11.0. The fourth-order valence-corrected chi connectivity index (χ4v) is 6.24. The number of piperidine rings is 1. The van der Waals surface area contributed by atoms with E-state index in [9.17, 15) is 22.8 Å². The predicted molar refractivity (Wildman–Crippen MR) is 143 cm³/mol. The van der Waals surface area contributed by atoms with Crippen molar-refractivity contribution in [2.45, 2.75) is 51.0 Å². The molecule has 0 saturated carbocycles. The minimum atomic E-state index is -3.76. The third kappa shape index (κ3) is 5.30. The van der Waals surface area contributed by atoms with E-state index < -0.39 is 33.6 Å². The van der Waals surface area contributed by atoms with Crippen molar-refractivity contribution in [2.24, 2.45) is 7.05 Å². The van der Waals surface area contributed by atoms with E-state index >= 15 is 0 Å². The van der Waals surface area contributed by atoms with E-state index in [1.165, 1.54) is 28.0 Å². The molecule has 10 nitrogen and oxygen atoms in total. The summed E-state index contributed by atoms with van der Waals surface area (Å²) < 4.78 is 36.2. The van der Waals surface area contributed by atoms with E-state index in [0.29, 0.717) is 30.0 Å². The van der Waals surface area contributed by atoms with Gasteiger partial charge in [-0.05, 0) is 63.4 Å². The van der Waals surface area contributed by atoms with Gasteiger partial charge < -0.3 is 10.1 Å². The quantitative estimate of drug-likeness (QED) is 0.460. The maximum Gasteiger partial charge on any atom is 0.338 e. The first kappa shape index (κ1) is 27.3. The number of ether oxygens (including phenoxy) is 1. The lowest BCUT2D eigenvalue weighted by Crippen LogP contribution is -2.36. The molecule has 2 aromatic carbocycles. The van der Waals surface area contributed by atoms with Crippen LogP contribution in [0.15, 0.2) is 58.2 Å². The summed E-state index contributed by atoms with van der Waals surface area (Å²) in [6.45, 7) is 5.65. The van der Waals surface area contributed by atoms with Crippen LogP contribution in [0.2, 0.25) is 0 Å². The van der Waals surface area contributed by atoms with Gasteiger partial charge >= 0.3 is 5.97 Å². The standard InChI is InChI=1S/C27H32N4O6S/c1-18-13-14-21(17-23(18)38(35,36)30-15-9-6-10-16-30)27(34)37-20(3)25(32)28-24-19(2)29(4)31(26(24)33)22-11-7-5-8-12-22/h5,7-8,11-14,17,20H,6,9-10,15-16H2,1-4H3,(H,28,32). The summed E-state index contributed by atoms with van der Waals surface area (Å²) in [5, 5.41) is 2.58. The van der Waals surface area contributed by atoms with Gasteiger partial charge in [0.25, 0.3) is 11.5 Å². The van der Waals surface area contributed by atoms with Crippen molar-refractivity contribution in [1.82, 2.24) is 13.7 Å². The lowest BCUT2D eigenvalue weighted by molar-refractivity contribution is -0.123. The summed E-state index contributed by atoms with van der Waals surface area (Å²) in [6, 6.07) is 13.3. The number of anilines is 1. The number of para-hydroxylation sites is 1. The van der Waals surface area contributed by atoms with Gasteiger partial charge in [0.2, 0.25) is 10.0 Å². The van der Waals surface area contributed by atoms with Crippen LogP contribution in [0.25, 0.3) is 5.69 Å². The predicted octanol–water partition coefficient (Wildman–Crippen LogP) is 3.15. The van der Waals surface area contributed by atoms with Crippen molar-refractivity contribution in [2.75, 3.05) is 18.4 Å². The molecule has 1 atom stereocenters. The summed E-state index contributed by atoms with van der Waals surface area (Å²) in [7, 11) is -2.06. The largest absolute Gasteiger partial charge is 0.449 e. The van der Waals surface area contributed by atoms with Crippen LogP contribution < -0.4 is 10.9 Å². The lowest BCUT2D eigenvalue weighted by atomic mass is 10.1. The van der Waals surface area contributed by atoms with E-state index in [4.69, 9.17) is 4.74 Å². The van der Waals surface area contributed by atoms with E-state index in [1.54, 1.807) is 55.9 Å². The minimum absolute atomic E-state index is 0.0214. The molecule has 1 aliphatic heterocycles. The van der Waals surface area contributed by atoms with Gasteiger partial charge in [0.05, 0.1) is 21.8 Å². The SMILES string of the molecule is Cc1ccc(C(=O)OC(C)C(=O)Nc2c(C)n(C)n(-c3ccccc3)c2=O)cc1S(=O)(=O)N1CCCCC1. The smallest absolute Gasteiger partial charge is 0.338 e. The van der Waals surface area contributed by atoms with Crippen LogP contribution in [-0.2, 0) is 26.6 Å². The average molecular weight is 541 g/mol. The lowest BCUT2D eigenvalue weighted by Gasteiger charge is -2.26. The molecule has 1 unspecified atom stereocenters. The Morgan fingerprint density at radius 3 is 2.32 bits per heavy atom. The highest BCUT2D eigenvalue weighted by Gasteiger charge is 2.29. The summed E-state index contributed by atoms with van der Waals surface area (Å²) in [5.74, 6) is -1.52. The zero-order valence-corrected chi connectivity index (χ0v) is 22.7. The topological polar surface area (TPSA) is 120 Å². The number of amides is 1. The van der Waals surface area contributed by atoms with E-state index in [1.807, 2.05) is 6.07 Å². The van der Waals surface area contributed by atoms with Gasteiger partial charge in [-0.2, -0.15) is 4.31 Å². The number of rotatable bonds is 7. The van der Waals surface area contributed by atoms with Crippen LogP contribution in [0, 0.1) is 13.8 Å². The number of hydrogen-bond donors (Lipinski definition) is 1. The van der Waals surface area contributed by atoms with E-state index in [0.717, 1.165) is 19.3 Å². The van der Waals surface area contributed by atoms with Gasteiger partial charge in [-0.1, -0.05) is 30.7 Å². The number of carbonyl (C=O) groups excluding carboxylic acids is 2. The highest BCUT2D eigenvalue weighted by molar-refractivity contribution is 7.89. The van der Waals surface area contributed by atoms with Gasteiger partial charge in [-0.15, -0.1) is 0 Å². The van der Waals surface area contributed by atoms with Gasteiger partial charge in [0.15, 0.2) is 6.10 Å². The minimum Gasteiger partial charge on any atom is -0.449 e. The zero-order chi connectivity index (χ0) is 27.6. The van der Waals surface area contributed by atoms with Gasteiger partial charge in [-0.25, -0.2) is 17.9 Å². The number of nitrogens with one attached hydrogen (secondary N) is 1. The van der Waals surface area contributed by atoms with Crippen LogP contribution in [0.3, 0.4) is 0 Å². The molecule has 1 amide bonds. The van der Waals surface area contributed by atoms with Gasteiger partial charge in [-0.3, -0.25) is 14.3 Å². The zero-order valence-electron chi connectivity index (χ0n) is 21.9. The van der Waals surface area contributed by atoms with Crippen LogP contribution >= 0.6 is 0 Å². The number of nitrogens with zero attached hydrogens (tertiary/aromatic N) is 3. The highest BCUT2D eigenvalue weighted by atomic mass is 32.2. The molecule has 1 saturated heterocycles. The normalized spacial score (nSPS) is 15.2. The van der Waals surface area contributed by atoms with Crippen molar-refractivity contribution >= 4 is 27.6 Å². The molecule has 1 aliphatic rings. The summed E-state index contributed by atoms with van der Waals surface area (Å²) >= 11 is 0. The van der Waals surface area contributed by atoms with Crippen molar-refractivity contribution in [3.05, 3.63) is 75.7 Å². The van der Waals surface area contributed by atoms with Crippen molar-refractivity contribution in [3.63, 3.8) is 0 Å². The van der Waals surface area contributed by atoms with Crippen molar-refractivity contribution < 1.29 is 22.7 Å². The van der Waals surface area contributed by atoms with E-state index in [-0.39, 0.29) is 16.1 Å². The molecule has 0 bridgehead atoms. The molecule has 0 aliphatic carbocycles. The number of carbonyl (C=O) groups is 2. The molecule has 2 heterocycles. The molecule has 11 heteroatoms. The molecule has 0 radical (unpaired) electrons. The van der Waals surface area contributed by atoms with Gasteiger partial charge in [0.1, 0.15) is 5.69 Å². The Kier molecular flexibility index (Phi) is 7.89. The first-order valence-electron chi connectivity index (χ1n) is 12.5. The van der Waals surface area contributed by atoms with Crippen LogP contribution in [0.1, 0.15) is 47.8 Å². The molecule has 1 fully saturated rings. The molecule has 1 N–H and O–H groups in total. The second-order valence-corrected chi connectivity index (χ2v) is 11.3. The number of esters is 1. The Bertz CT molecular complexity index is 1520. The third-order valence-electron chi connectivity index (χ3n) is 6.81. The Morgan fingerprint density at radius 2 is 1.66 bits per heavy atom. The monoisotopic (exact) mass is 540 g/mol.